The number of aliphatic hydroxyl groups is 1. The van der Waals surface area contributed by atoms with Gasteiger partial charge < -0.3 is 10.4 Å². The van der Waals surface area contributed by atoms with Crippen LogP contribution in [-0.4, -0.2) is 16.0 Å². The zero-order chi connectivity index (χ0) is 14.5. The van der Waals surface area contributed by atoms with Gasteiger partial charge in [0.15, 0.2) is 0 Å². The minimum absolute atomic E-state index is 0.183. The molecule has 0 bridgehead atoms. The van der Waals surface area contributed by atoms with Gasteiger partial charge in [0.05, 0.1) is 18.7 Å². The number of aromatic nitrogens is 1. The van der Waals surface area contributed by atoms with Crippen molar-refractivity contribution in [3.63, 3.8) is 0 Å². The van der Waals surface area contributed by atoms with E-state index in [1.807, 2.05) is 0 Å². The average Bonchev–Trinajstić information content (AvgIpc) is 2.41. The van der Waals surface area contributed by atoms with E-state index in [2.05, 4.69) is 10.3 Å². The number of halogens is 2. The SMILES string of the molecule is O=C(CC(O)c1cccc(F)c1)Nc1ccc(F)cn1. The number of anilines is 1. The lowest BCUT2D eigenvalue weighted by atomic mass is 10.1. The predicted molar refractivity (Wildman–Crippen MR) is 68.8 cm³/mol. The highest BCUT2D eigenvalue weighted by molar-refractivity contribution is 5.90. The quantitative estimate of drug-likeness (QED) is 0.902. The summed E-state index contributed by atoms with van der Waals surface area (Å²) in [6.07, 6.45) is -0.396. The van der Waals surface area contributed by atoms with Crippen LogP contribution in [0.4, 0.5) is 14.6 Å². The van der Waals surface area contributed by atoms with Crippen molar-refractivity contribution in [1.82, 2.24) is 4.98 Å². The first-order valence-corrected chi connectivity index (χ1v) is 5.89. The Morgan fingerprint density at radius 3 is 2.70 bits per heavy atom. The highest BCUT2D eigenvalue weighted by Gasteiger charge is 2.14. The summed E-state index contributed by atoms with van der Waals surface area (Å²) < 4.78 is 25.6. The standard InChI is InChI=1S/C14H12F2N2O2/c15-10-3-1-2-9(6-10)12(19)7-14(20)18-13-5-4-11(16)8-17-13/h1-6,8,12,19H,7H2,(H,17,18,20). The highest BCUT2D eigenvalue weighted by atomic mass is 19.1. The Morgan fingerprint density at radius 1 is 1.25 bits per heavy atom. The molecule has 0 radical (unpaired) electrons. The number of rotatable bonds is 4. The Balaban J connectivity index is 1.95. The van der Waals surface area contributed by atoms with Crippen molar-refractivity contribution in [2.75, 3.05) is 5.32 Å². The predicted octanol–water partition coefficient (Wildman–Crippen LogP) is 2.42. The van der Waals surface area contributed by atoms with Gasteiger partial charge in [-0.2, -0.15) is 0 Å². The van der Waals surface area contributed by atoms with Gasteiger partial charge in [0, 0.05) is 0 Å². The fraction of sp³-hybridized carbons (Fsp3) is 0.143. The number of benzene rings is 1. The van der Waals surface area contributed by atoms with E-state index in [9.17, 15) is 18.7 Å². The number of carbonyl (C=O) groups is 1. The molecular formula is C14H12F2N2O2. The molecule has 1 amide bonds. The van der Waals surface area contributed by atoms with E-state index in [0.717, 1.165) is 18.3 Å². The van der Waals surface area contributed by atoms with Crippen LogP contribution in [0.2, 0.25) is 0 Å². The molecule has 0 saturated heterocycles. The molecule has 4 nitrogen and oxygen atoms in total. The number of hydrogen-bond acceptors (Lipinski definition) is 3. The smallest absolute Gasteiger partial charge is 0.228 e. The molecule has 2 N–H and O–H groups in total. The molecule has 2 aromatic rings. The van der Waals surface area contributed by atoms with Crippen LogP contribution in [0, 0.1) is 11.6 Å². The molecule has 0 saturated carbocycles. The molecule has 0 aliphatic rings. The topological polar surface area (TPSA) is 62.2 Å². The summed E-state index contributed by atoms with van der Waals surface area (Å²) in [5.74, 6) is -1.31. The maximum Gasteiger partial charge on any atom is 0.228 e. The minimum atomic E-state index is -1.12. The third kappa shape index (κ3) is 3.83. The lowest BCUT2D eigenvalue weighted by molar-refractivity contribution is -0.118. The molecule has 104 valence electrons. The fourth-order valence-corrected chi connectivity index (χ4v) is 1.65. The first kappa shape index (κ1) is 14.1. The van der Waals surface area contributed by atoms with E-state index < -0.39 is 23.6 Å². The maximum absolute atomic E-state index is 13.0. The summed E-state index contributed by atoms with van der Waals surface area (Å²) in [5, 5.41) is 12.2. The zero-order valence-corrected chi connectivity index (χ0v) is 10.4. The average molecular weight is 278 g/mol. The first-order chi connectivity index (χ1) is 9.54. The van der Waals surface area contributed by atoms with Crippen LogP contribution in [0.15, 0.2) is 42.6 Å². The monoisotopic (exact) mass is 278 g/mol. The van der Waals surface area contributed by atoms with Crippen LogP contribution in [0.25, 0.3) is 0 Å². The second kappa shape index (κ2) is 6.21. The molecule has 2 rings (SSSR count). The van der Waals surface area contributed by atoms with Gasteiger partial charge in [-0.1, -0.05) is 12.1 Å². The second-order valence-electron chi connectivity index (χ2n) is 4.18. The summed E-state index contributed by atoms with van der Waals surface area (Å²) in [4.78, 5) is 15.3. The zero-order valence-electron chi connectivity index (χ0n) is 10.4. The fourth-order valence-electron chi connectivity index (χ4n) is 1.65. The van der Waals surface area contributed by atoms with Crippen LogP contribution in [0.1, 0.15) is 18.1 Å². The van der Waals surface area contributed by atoms with Crippen molar-refractivity contribution in [1.29, 1.82) is 0 Å². The maximum atomic E-state index is 13.0. The molecule has 0 aliphatic heterocycles. The third-order valence-electron chi connectivity index (χ3n) is 2.61. The summed E-state index contributed by atoms with van der Waals surface area (Å²) in [7, 11) is 0. The number of aliphatic hydroxyl groups excluding tert-OH is 1. The van der Waals surface area contributed by atoms with E-state index in [4.69, 9.17) is 0 Å². The van der Waals surface area contributed by atoms with Gasteiger partial charge in [0.25, 0.3) is 0 Å². The number of hydrogen-bond donors (Lipinski definition) is 2. The lowest BCUT2D eigenvalue weighted by Gasteiger charge is -2.11. The molecule has 0 fully saturated rings. The van der Waals surface area contributed by atoms with E-state index in [1.54, 1.807) is 0 Å². The minimum Gasteiger partial charge on any atom is -0.388 e. The number of nitrogens with one attached hydrogen (secondary N) is 1. The van der Waals surface area contributed by atoms with Crippen LogP contribution in [0.3, 0.4) is 0 Å². The van der Waals surface area contributed by atoms with E-state index >= 15 is 0 Å². The van der Waals surface area contributed by atoms with Crippen LogP contribution >= 0.6 is 0 Å². The first-order valence-electron chi connectivity index (χ1n) is 5.89. The van der Waals surface area contributed by atoms with Gasteiger partial charge in [-0.15, -0.1) is 0 Å². The van der Waals surface area contributed by atoms with Crippen molar-refractivity contribution in [2.45, 2.75) is 12.5 Å². The van der Waals surface area contributed by atoms with Gasteiger partial charge >= 0.3 is 0 Å². The molecular weight excluding hydrogens is 266 g/mol. The molecule has 1 unspecified atom stereocenters. The van der Waals surface area contributed by atoms with Crippen LogP contribution in [-0.2, 0) is 4.79 Å². The lowest BCUT2D eigenvalue weighted by Crippen LogP contribution is -2.16. The molecule has 1 aromatic heterocycles. The Labute approximate surface area is 114 Å². The summed E-state index contributed by atoms with van der Waals surface area (Å²) in [6.45, 7) is 0. The summed E-state index contributed by atoms with van der Waals surface area (Å²) >= 11 is 0. The van der Waals surface area contributed by atoms with Crippen LogP contribution < -0.4 is 5.32 Å². The summed E-state index contributed by atoms with van der Waals surface area (Å²) in [5.41, 5.74) is 0.312. The van der Waals surface area contributed by atoms with Gasteiger partial charge in [0.1, 0.15) is 17.5 Å². The number of amides is 1. The van der Waals surface area contributed by atoms with Crippen molar-refractivity contribution in [3.8, 4) is 0 Å². The largest absolute Gasteiger partial charge is 0.388 e. The molecule has 1 atom stereocenters. The van der Waals surface area contributed by atoms with Crippen molar-refractivity contribution in [3.05, 3.63) is 59.8 Å². The van der Waals surface area contributed by atoms with Gasteiger partial charge in [-0.05, 0) is 29.8 Å². The van der Waals surface area contributed by atoms with Gasteiger partial charge in [0.2, 0.25) is 5.91 Å². The third-order valence-corrected chi connectivity index (χ3v) is 2.61. The van der Waals surface area contributed by atoms with Crippen molar-refractivity contribution < 1.29 is 18.7 Å². The van der Waals surface area contributed by atoms with Crippen LogP contribution in [0.5, 0.6) is 0 Å². The number of carbonyl (C=O) groups excluding carboxylic acids is 1. The molecule has 0 spiro atoms. The highest BCUT2D eigenvalue weighted by Crippen LogP contribution is 2.18. The van der Waals surface area contributed by atoms with Crippen molar-refractivity contribution in [2.24, 2.45) is 0 Å². The number of nitrogens with zero attached hydrogens (tertiary/aromatic N) is 1. The molecule has 1 aromatic carbocycles. The molecule has 1 heterocycles. The van der Waals surface area contributed by atoms with E-state index in [-0.39, 0.29) is 12.2 Å². The van der Waals surface area contributed by atoms with Gasteiger partial charge in [-0.3, -0.25) is 4.79 Å². The molecule has 20 heavy (non-hydrogen) atoms. The second-order valence-corrected chi connectivity index (χ2v) is 4.18. The van der Waals surface area contributed by atoms with Crippen molar-refractivity contribution >= 4 is 11.7 Å². The van der Waals surface area contributed by atoms with Gasteiger partial charge in [-0.25, -0.2) is 13.8 Å². The Kier molecular flexibility index (Phi) is 4.37. The molecule has 6 heteroatoms. The Morgan fingerprint density at radius 2 is 2.05 bits per heavy atom. The molecule has 0 aliphatic carbocycles. The normalized spacial score (nSPS) is 11.9. The summed E-state index contributed by atoms with van der Waals surface area (Å²) in [6, 6.07) is 7.85. The Hall–Kier alpha value is -2.34. The van der Waals surface area contributed by atoms with E-state index in [0.29, 0.717) is 5.56 Å². The Bertz CT molecular complexity index is 602. The van der Waals surface area contributed by atoms with E-state index in [1.165, 1.54) is 24.3 Å². The number of pyridine rings is 1.